The van der Waals surface area contributed by atoms with E-state index in [2.05, 4.69) is 0 Å². The molecule has 4 N–H and O–H groups in total. The van der Waals surface area contributed by atoms with Crippen LogP contribution in [0.1, 0.15) is 22.3 Å². The zero-order valence-corrected chi connectivity index (χ0v) is 29.8. The highest BCUT2D eigenvalue weighted by Crippen LogP contribution is 2.16. The molecule has 0 bridgehead atoms. The van der Waals surface area contributed by atoms with Crippen molar-refractivity contribution in [3.05, 3.63) is 144 Å². The summed E-state index contributed by atoms with van der Waals surface area (Å²) in [5.41, 5.74) is 4.05. The van der Waals surface area contributed by atoms with E-state index in [0.717, 1.165) is 22.3 Å². The van der Waals surface area contributed by atoms with Crippen molar-refractivity contribution < 1.29 is 39.4 Å². The molecule has 0 aromatic heterocycles. The van der Waals surface area contributed by atoms with Crippen molar-refractivity contribution in [2.24, 2.45) is 0 Å². The van der Waals surface area contributed by atoms with Crippen LogP contribution in [0.4, 0.5) is 0 Å². The summed E-state index contributed by atoms with van der Waals surface area (Å²) in [7, 11) is 0. The molecule has 1 heterocycles. The first-order valence-electron chi connectivity index (χ1n) is 18.1. The van der Waals surface area contributed by atoms with Crippen LogP contribution in [0.2, 0.25) is 0 Å². The molecule has 5 rings (SSSR count). The van der Waals surface area contributed by atoms with Crippen molar-refractivity contribution in [3.63, 3.8) is 0 Å². The Labute approximate surface area is 307 Å². The first-order chi connectivity index (χ1) is 25.4. The van der Waals surface area contributed by atoms with Gasteiger partial charge in [0.2, 0.25) is 0 Å². The van der Waals surface area contributed by atoms with Gasteiger partial charge in [0.15, 0.2) is 0 Å². The van der Waals surface area contributed by atoms with Crippen LogP contribution in [-0.4, -0.2) is 119 Å². The highest BCUT2D eigenvalue weighted by atomic mass is 16.6. The molecule has 1 aliphatic rings. The van der Waals surface area contributed by atoms with E-state index in [4.69, 9.17) is 18.9 Å². The van der Waals surface area contributed by atoms with Gasteiger partial charge in [-0.25, -0.2) is 0 Å². The van der Waals surface area contributed by atoms with Crippen LogP contribution in [0, 0.1) is 0 Å². The molecule has 0 amide bonds. The number of aliphatic hydroxyl groups excluding tert-OH is 4. The molecule has 1 saturated heterocycles. The van der Waals surface area contributed by atoms with Gasteiger partial charge in [0.05, 0.1) is 64.1 Å². The normalized spacial score (nSPS) is 24.8. The monoisotopic (exact) mass is 714 g/mol. The molecule has 0 saturated carbocycles. The van der Waals surface area contributed by atoms with Crippen molar-refractivity contribution >= 4 is 0 Å². The summed E-state index contributed by atoms with van der Waals surface area (Å²) in [6.45, 7) is 2.53. The second kappa shape index (κ2) is 21.9. The Morgan fingerprint density at radius 3 is 1.13 bits per heavy atom. The first-order valence-corrected chi connectivity index (χ1v) is 18.1. The Balaban J connectivity index is 1.37. The molecule has 10 nitrogen and oxygen atoms in total. The van der Waals surface area contributed by atoms with Crippen molar-refractivity contribution in [1.29, 1.82) is 0 Å². The Bertz CT molecular complexity index is 1390. The van der Waals surface area contributed by atoms with E-state index < -0.39 is 36.6 Å². The smallest absolute Gasteiger partial charge is 0.109 e. The fourth-order valence-electron chi connectivity index (χ4n) is 6.29. The zero-order chi connectivity index (χ0) is 36.4. The van der Waals surface area contributed by atoms with Crippen molar-refractivity contribution in [2.45, 2.75) is 62.9 Å². The lowest BCUT2D eigenvalue weighted by molar-refractivity contribution is -0.153. The molecule has 52 heavy (non-hydrogen) atoms. The van der Waals surface area contributed by atoms with Crippen LogP contribution < -0.4 is 0 Å². The van der Waals surface area contributed by atoms with Gasteiger partial charge in [-0.3, -0.25) is 9.80 Å². The standard InChI is InChI=1S/C42H54N2O8/c45-37-23-43(21-33-13-5-1-6-14-33)25-39(47)40(48)26-44(22-34-15-7-2-8-16-34)24-38(46)30-52-42(32-50-28-36-19-11-4-12-20-36)41(51-29-37)31-49-27-35-17-9-3-10-18-35/h1-20,37-42,45-48H,21-32H2/t37?,38?,39-,40-,41-,42-/m0/s1. The van der Waals surface area contributed by atoms with Gasteiger partial charge in [-0.1, -0.05) is 121 Å². The molecule has 0 radical (unpaired) electrons. The van der Waals surface area contributed by atoms with E-state index in [-0.39, 0.29) is 52.6 Å². The largest absolute Gasteiger partial charge is 0.389 e. The average molecular weight is 715 g/mol. The molecular formula is C42H54N2O8. The number of hydrogen-bond donors (Lipinski definition) is 4. The number of rotatable bonds is 12. The summed E-state index contributed by atoms with van der Waals surface area (Å²) in [5, 5.41) is 45.2. The van der Waals surface area contributed by atoms with Crippen LogP contribution in [0.15, 0.2) is 121 Å². The minimum absolute atomic E-state index is 0.0325. The fourth-order valence-corrected chi connectivity index (χ4v) is 6.29. The van der Waals surface area contributed by atoms with Gasteiger partial charge in [-0.05, 0) is 22.3 Å². The highest BCUT2D eigenvalue weighted by Gasteiger charge is 2.29. The minimum Gasteiger partial charge on any atom is -0.389 e. The van der Waals surface area contributed by atoms with Crippen molar-refractivity contribution in [2.75, 3.05) is 52.6 Å². The quantitative estimate of drug-likeness (QED) is 0.173. The molecule has 6 atom stereocenters. The maximum absolute atomic E-state index is 11.3. The van der Waals surface area contributed by atoms with Crippen LogP contribution >= 0.6 is 0 Å². The third-order valence-corrected chi connectivity index (χ3v) is 8.98. The van der Waals surface area contributed by atoms with Gasteiger partial charge < -0.3 is 39.4 Å². The molecule has 0 spiro atoms. The van der Waals surface area contributed by atoms with Gasteiger partial charge in [0.1, 0.15) is 12.2 Å². The molecule has 10 heteroatoms. The van der Waals surface area contributed by atoms with Crippen LogP contribution in [0.5, 0.6) is 0 Å². The SMILES string of the molecule is OC1CO[C@@H](COCc2ccccc2)[C@H](COCc2ccccc2)OCC(O)CN(Cc2ccccc2)C[C@H](O)[C@@H](O)CN(Cc2ccccc2)C1. The Morgan fingerprint density at radius 1 is 0.462 bits per heavy atom. The molecule has 1 aliphatic heterocycles. The van der Waals surface area contributed by atoms with E-state index in [1.165, 1.54) is 0 Å². The lowest BCUT2D eigenvalue weighted by atomic mass is 10.1. The summed E-state index contributed by atoms with van der Waals surface area (Å²) in [6, 6.07) is 39.4. The van der Waals surface area contributed by atoms with Crippen molar-refractivity contribution in [3.8, 4) is 0 Å². The molecular weight excluding hydrogens is 660 g/mol. The average Bonchev–Trinajstić information content (AvgIpc) is 3.15. The lowest BCUT2D eigenvalue weighted by Gasteiger charge is -2.34. The van der Waals surface area contributed by atoms with E-state index in [1.54, 1.807) is 0 Å². The summed E-state index contributed by atoms with van der Waals surface area (Å²) in [6.07, 6.45) is -5.34. The molecule has 0 aliphatic carbocycles. The van der Waals surface area contributed by atoms with Crippen LogP contribution in [0.3, 0.4) is 0 Å². The summed E-state index contributed by atoms with van der Waals surface area (Å²) < 4.78 is 25.1. The van der Waals surface area contributed by atoms with E-state index in [1.807, 2.05) is 131 Å². The topological polar surface area (TPSA) is 124 Å². The Hall–Kier alpha value is -3.52. The van der Waals surface area contributed by atoms with Gasteiger partial charge in [0.25, 0.3) is 0 Å². The summed E-state index contributed by atoms with van der Waals surface area (Å²) in [5.74, 6) is 0. The zero-order valence-electron chi connectivity index (χ0n) is 29.8. The minimum atomic E-state index is -1.11. The number of hydrogen-bond acceptors (Lipinski definition) is 10. The maximum Gasteiger partial charge on any atom is 0.109 e. The second-order valence-electron chi connectivity index (χ2n) is 13.5. The fraction of sp³-hybridized carbons (Fsp3) is 0.429. The van der Waals surface area contributed by atoms with Crippen LogP contribution in [-0.2, 0) is 45.3 Å². The Kier molecular flexibility index (Phi) is 16.7. The maximum atomic E-state index is 11.3. The van der Waals surface area contributed by atoms with Gasteiger partial charge in [-0.2, -0.15) is 0 Å². The third kappa shape index (κ3) is 14.1. The molecule has 280 valence electrons. The third-order valence-electron chi connectivity index (χ3n) is 8.98. The van der Waals surface area contributed by atoms with E-state index in [0.29, 0.717) is 26.3 Å². The van der Waals surface area contributed by atoms with Crippen molar-refractivity contribution in [1.82, 2.24) is 9.80 Å². The molecule has 4 aromatic carbocycles. The lowest BCUT2D eigenvalue weighted by Crippen LogP contribution is -2.49. The second-order valence-corrected chi connectivity index (χ2v) is 13.5. The number of ether oxygens (including phenoxy) is 4. The van der Waals surface area contributed by atoms with Gasteiger partial charge >= 0.3 is 0 Å². The Morgan fingerprint density at radius 2 is 0.788 bits per heavy atom. The molecule has 2 unspecified atom stereocenters. The van der Waals surface area contributed by atoms with Crippen LogP contribution in [0.25, 0.3) is 0 Å². The summed E-state index contributed by atoms with van der Waals surface area (Å²) in [4.78, 5) is 3.86. The first kappa shape index (κ1) is 39.7. The predicted molar refractivity (Wildman–Crippen MR) is 199 cm³/mol. The summed E-state index contributed by atoms with van der Waals surface area (Å²) >= 11 is 0. The number of nitrogens with zero attached hydrogens (tertiary/aromatic N) is 2. The van der Waals surface area contributed by atoms with Gasteiger partial charge in [-0.15, -0.1) is 0 Å². The van der Waals surface area contributed by atoms with E-state index >= 15 is 0 Å². The predicted octanol–water partition coefficient (Wildman–Crippen LogP) is 3.65. The molecule has 1 fully saturated rings. The van der Waals surface area contributed by atoms with E-state index in [9.17, 15) is 20.4 Å². The number of aliphatic hydroxyl groups is 4. The highest BCUT2D eigenvalue weighted by molar-refractivity contribution is 5.16. The number of β-amino-alcohol motifs (C(OH)–C–C–N with tert-alkyl or cyclic N) is 4. The number of benzene rings is 4. The van der Waals surface area contributed by atoms with Gasteiger partial charge in [0, 0.05) is 39.3 Å². The molecule has 4 aromatic rings.